The number of aryl methyl sites for hydroxylation is 1. The fraction of sp³-hybridized carbons (Fsp3) is 0.467. The summed E-state index contributed by atoms with van der Waals surface area (Å²) in [5, 5.41) is 14.4. The highest BCUT2D eigenvalue weighted by molar-refractivity contribution is 9.10. The first-order valence-electron chi connectivity index (χ1n) is 6.64. The highest BCUT2D eigenvalue weighted by Crippen LogP contribution is 2.30. The first-order valence-corrected chi connectivity index (χ1v) is 7.43. The number of nitrogens with one attached hydrogen (secondary N) is 1. The van der Waals surface area contributed by atoms with Gasteiger partial charge in [-0.2, -0.15) is 0 Å². The van der Waals surface area contributed by atoms with Gasteiger partial charge < -0.3 is 14.8 Å². The third-order valence-corrected chi connectivity index (χ3v) is 3.56. The first-order chi connectivity index (χ1) is 9.01. The quantitative estimate of drug-likeness (QED) is 0.879. The van der Waals surface area contributed by atoms with E-state index in [4.69, 9.17) is 4.42 Å². The number of hydrogen-bond acceptors (Lipinski definition) is 3. The van der Waals surface area contributed by atoms with Crippen LogP contribution < -0.4 is 5.32 Å². The molecule has 1 aromatic carbocycles. The largest absolute Gasteiger partial charge is 0.458 e. The molecule has 0 bridgehead atoms. The molecule has 19 heavy (non-hydrogen) atoms. The maximum Gasteiger partial charge on any atom is 0.137 e. The lowest BCUT2D eigenvalue weighted by molar-refractivity contribution is 0.147. The Hall–Kier alpha value is -0.840. The molecule has 0 radical (unpaired) electrons. The van der Waals surface area contributed by atoms with Gasteiger partial charge in [-0.05, 0) is 30.2 Å². The van der Waals surface area contributed by atoms with Crippen LogP contribution in [0.4, 0.5) is 0 Å². The zero-order chi connectivity index (χ0) is 14.0. The summed E-state index contributed by atoms with van der Waals surface area (Å²) in [6.45, 7) is 6.70. The summed E-state index contributed by atoms with van der Waals surface area (Å²) in [5.74, 6) is 0.621. The van der Waals surface area contributed by atoms with E-state index in [-0.39, 0.29) is 0 Å². The fourth-order valence-corrected chi connectivity index (χ4v) is 2.60. The van der Waals surface area contributed by atoms with Gasteiger partial charge in [0.1, 0.15) is 17.4 Å². The monoisotopic (exact) mass is 325 g/mol. The van der Waals surface area contributed by atoms with Crippen molar-refractivity contribution in [3.05, 3.63) is 34.0 Å². The van der Waals surface area contributed by atoms with Crippen LogP contribution in [-0.2, 0) is 6.42 Å². The van der Waals surface area contributed by atoms with Crippen molar-refractivity contribution in [3.63, 3.8) is 0 Å². The van der Waals surface area contributed by atoms with Gasteiger partial charge in [0.05, 0.1) is 0 Å². The van der Waals surface area contributed by atoms with Gasteiger partial charge in [0, 0.05) is 22.4 Å². The average molecular weight is 326 g/mol. The van der Waals surface area contributed by atoms with E-state index in [1.54, 1.807) is 0 Å². The molecule has 0 saturated carbocycles. The third kappa shape index (κ3) is 3.38. The first kappa shape index (κ1) is 14.6. The summed E-state index contributed by atoms with van der Waals surface area (Å²) in [4.78, 5) is 0. The highest BCUT2D eigenvalue weighted by Gasteiger charge is 2.15. The van der Waals surface area contributed by atoms with Crippen LogP contribution in [0.3, 0.4) is 0 Å². The van der Waals surface area contributed by atoms with Crippen molar-refractivity contribution in [2.24, 2.45) is 0 Å². The minimum absolute atomic E-state index is 0.347. The second-order valence-electron chi connectivity index (χ2n) is 5.06. The van der Waals surface area contributed by atoms with Crippen molar-refractivity contribution in [2.75, 3.05) is 6.54 Å². The molecule has 1 atom stereocenters. The second-order valence-corrected chi connectivity index (χ2v) is 5.98. The van der Waals surface area contributed by atoms with Crippen LogP contribution in [0.5, 0.6) is 0 Å². The average Bonchev–Trinajstić information content (AvgIpc) is 2.78. The number of hydrogen-bond donors (Lipinski definition) is 2. The van der Waals surface area contributed by atoms with Gasteiger partial charge >= 0.3 is 0 Å². The Kier molecular flexibility index (Phi) is 4.66. The van der Waals surface area contributed by atoms with Crippen molar-refractivity contribution >= 4 is 26.9 Å². The molecule has 3 nitrogen and oxygen atoms in total. The molecule has 104 valence electrons. The van der Waals surface area contributed by atoms with Gasteiger partial charge in [-0.3, -0.25) is 0 Å². The molecule has 0 saturated heterocycles. The van der Waals surface area contributed by atoms with Gasteiger partial charge in [0.25, 0.3) is 0 Å². The van der Waals surface area contributed by atoms with Crippen molar-refractivity contribution in [2.45, 2.75) is 39.3 Å². The summed E-state index contributed by atoms with van der Waals surface area (Å²) in [6, 6.07) is 6.35. The van der Waals surface area contributed by atoms with Gasteiger partial charge in [-0.1, -0.05) is 36.7 Å². The van der Waals surface area contributed by atoms with E-state index in [2.05, 4.69) is 48.1 Å². The molecule has 1 heterocycles. The van der Waals surface area contributed by atoms with E-state index in [1.807, 2.05) is 12.1 Å². The zero-order valence-electron chi connectivity index (χ0n) is 11.5. The molecule has 0 aliphatic heterocycles. The number of rotatable bonds is 5. The van der Waals surface area contributed by atoms with E-state index in [1.165, 1.54) is 0 Å². The SMILES string of the molecule is CCc1cc(Br)cc2cc(C(O)CNC(C)C)oc12. The lowest BCUT2D eigenvalue weighted by Gasteiger charge is -2.11. The molecule has 0 amide bonds. The molecule has 0 aliphatic carbocycles. The zero-order valence-corrected chi connectivity index (χ0v) is 13.1. The molecule has 4 heteroatoms. The molecule has 1 aromatic heterocycles. The summed E-state index contributed by atoms with van der Waals surface area (Å²) in [7, 11) is 0. The number of aliphatic hydroxyl groups excluding tert-OH is 1. The van der Waals surface area contributed by atoms with Crippen LogP contribution >= 0.6 is 15.9 Å². The predicted octanol–water partition coefficient (Wildman–Crippen LogP) is 3.79. The minimum Gasteiger partial charge on any atom is -0.458 e. The van der Waals surface area contributed by atoms with Crippen molar-refractivity contribution in [1.82, 2.24) is 5.32 Å². The maximum absolute atomic E-state index is 10.1. The third-order valence-electron chi connectivity index (χ3n) is 3.11. The summed E-state index contributed by atoms with van der Waals surface area (Å²) in [5.41, 5.74) is 2.03. The molecule has 2 rings (SSSR count). The van der Waals surface area contributed by atoms with E-state index in [9.17, 15) is 5.11 Å². The smallest absolute Gasteiger partial charge is 0.137 e. The number of furan rings is 1. The van der Waals surface area contributed by atoms with Crippen molar-refractivity contribution in [1.29, 1.82) is 0 Å². The number of fused-ring (bicyclic) bond motifs is 1. The Balaban J connectivity index is 2.30. The van der Waals surface area contributed by atoms with Crippen LogP contribution in [0.15, 0.2) is 27.1 Å². The lowest BCUT2D eigenvalue weighted by atomic mass is 10.1. The van der Waals surface area contributed by atoms with Gasteiger partial charge in [0.2, 0.25) is 0 Å². The minimum atomic E-state index is -0.613. The topological polar surface area (TPSA) is 45.4 Å². The van der Waals surface area contributed by atoms with Crippen LogP contribution in [0, 0.1) is 0 Å². The summed E-state index contributed by atoms with van der Waals surface area (Å²) < 4.78 is 6.87. The predicted molar refractivity (Wildman–Crippen MR) is 81.4 cm³/mol. The number of aliphatic hydroxyl groups is 1. The van der Waals surface area contributed by atoms with Gasteiger partial charge in [-0.25, -0.2) is 0 Å². The Morgan fingerprint density at radius 3 is 2.68 bits per heavy atom. The van der Waals surface area contributed by atoms with Crippen molar-refractivity contribution < 1.29 is 9.52 Å². The molecule has 0 fully saturated rings. The summed E-state index contributed by atoms with van der Waals surface area (Å²) >= 11 is 3.50. The Morgan fingerprint density at radius 2 is 2.05 bits per heavy atom. The Bertz CT molecular complexity index is 563. The highest BCUT2D eigenvalue weighted by atomic mass is 79.9. The van der Waals surface area contributed by atoms with Crippen molar-refractivity contribution in [3.8, 4) is 0 Å². The Labute approximate surface area is 122 Å². The number of halogens is 1. The molecule has 2 aromatic rings. The van der Waals surface area contributed by atoms with Gasteiger partial charge in [0.15, 0.2) is 0 Å². The standard InChI is InChI=1S/C15H20BrNO2/c1-4-10-5-12(16)6-11-7-14(19-15(10)11)13(18)8-17-9(2)3/h5-7,9,13,17-18H,4,8H2,1-3H3. The normalized spacial score (nSPS) is 13.4. The molecule has 1 unspecified atom stereocenters. The molecule has 0 spiro atoms. The number of benzene rings is 1. The molecular formula is C15H20BrNO2. The molecule has 0 aliphatic rings. The molecular weight excluding hydrogens is 306 g/mol. The van der Waals surface area contributed by atoms with Crippen LogP contribution in [0.2, 0.25) is 0 Å². The summed E-state index contributed by atoms with van der Waals surface area (Å²) in [6.07, 6.45) is 0.293. The van der Waals surface area contributed by atoms with E-state index in [0.717, 1.165) is 27.4 Å². The fourth-order valence-electron chi connectivity index (χ4n) is 2.08. The van der Waals surface area contributed by atoms with Crippen LogP contribution in [0.1, 0.15) is 38.2 Å². The van der Waals surface area contributed by atoms with Crippen LogP contribution in [-0.4, -0.2) is 17.7 Å². The molecule has 2 N–H and O–H groups in total. The Morgan fingerprint density at radius 1 is 1.32 bits per heavy atom. The second kappa shape index (κ2) is 6.07. The van der Waals surface area contributed by atoms with E-state index >= 15 is 0 Å². The van der Waals surface area contributed by atoms with E-state index in [0.29, 0.717) is 18.3 Å². The van der Waals surface area contributed by atoms with Gasteiger partial charge in [-0.15, -0.1) is 0 Å². The maximum atomic E-state index is 10.1. The van der Waals surface area contributed by atoms with E-state index < -0.39 is 6.10 Å². The van der Waals surface area contributed by atoms with Crippen LogP contribution in [0.25, 0.3) is 11.0 Å². The lowest BCUT2D eigenvalue weighted by Crippen LogP contribution is -2.27.